The van der Waals surface area contributed by atoms with Crippen LogP contribution in [0.2, 0.25) is 0 Å². The van der Waals surface area contributed by atoms with Gasteiger partial charge in [0.05, 0.1) is 5.54 Å². The normalized spacial score (nSPS) is 19.2. The highest BCUT2D eigenvalue weighted by molar-refractivity contribution is 9.10. The lowest BCUT2D eigenvalue weighted by Crippen LogP contribution is -2.47. The maximum Gasteiger partial charge on any atom is 0.156 e. The van der Waals surface area contributed by atoms with Gasteiger partial charge in [-0.3, -0.25) is 4.79 Å². The third-order valence-corrected chi connectivity index (χ3v) is 3.77. The Morgan fingerprint density at radius 2 is 2.25 bits per heavy atom. The van der Waals surface area contributed by atoms with E-state index in [0.717, 1.165) is 22.9 Å². The summed E-state index contributed by atoms with van der Waals surface area (Å²) in [5.41, 5.74) is 6.48. The summed E-state index contributed by atoms with van der Waals surface area (Å²) in [6.45, 7) is 1.87. The van der Waals surface area contributed by atoms with Crippen LogP contribution in [0.5, 0.6) is 0 Å². The molecule has 1 atom stereocenters. The van der Waals surface area contributed by atoms with Crippen molar-refractivity contribution in [3.63, 3.8) is 0 Å². The number of Topliss-reactive ketones (excluding diaryl/α,β-unsaturated/α-hetero) is 1. The van der Waals surface area contributed by atoms with Gasteiger partial charge in [-0.2, -0.15) is 0 Å². The van der Waals surface area contributed by atoms with Crippen LogP contribution in [0, 0.1) is 5.92 Å². The second-order valence-electron chi connectivity index (χ2n) is 4.79. The number of carbonyl (C=O) groups is 1. The molecule has 2 rings (SSSR count). The molecule has 1 unspecified atom stereocenters. The first-order chi connectivity index (χ1) is 7.50. The summed E-state index contributed by atoms with van der Waals surface area (Å²) >= 11 is 3.40. The Morgan fingerprint density at radius 1 is 1.56 bits per heavy atom. The Bertz CT molecular complexity index is 410. The maximum atomic E-state index is 12.1. The van der Waals surface area contributed by atoms with Gasteiger partial charge in [0.1, 0.15) is 0 Å². The molecule has 0 heterocycles. The van der Waals surface area contributed by atoms with Crippen LogP contribution < -0.4 is 5.73 Å². The van der Waals surface area contributed by atoms with Crippen molar-refractivity contribution in [3.05, 3.63) is 34.3 Å². The maximum absolute atomic E-state index is 12.1. The van der Waals surface area contributed by atoms with Gasteiger partial charge in [0.2, 0.25) is 0 Å². The third kappa shape index (κ3) is 2.53. The molecule has 86 valence electrons. The van der Waals surface area contributed by atoms with Crippen molar-refractivity contribution >= 4 is 21.7 Å². The van der Waals surface area contributed by atoms with Gasteiger partial charge in [-0.25, -0.2) is 0 Å². The number of benzene rings is 1. The highest BCUT2D eigenvalue weighted by Crippen LogP contribution is 2.38. The van der Waals surface area contributed by atoms with Gasteiger partial charge in [-0.05, 0) is 43.4 Å². The van der Waals surface area contributed by atoms with Crippen molar-refractivity contribution in [2.75, 3.05) is 0 Å². The lowest BCUT2D eigenvalue weighted by atomic mass is 9.88. The predicted octanol–water partition coefficient (Wildman–Crippen LogP) is 2.69. The van der Waals surface area contributed by atoms with Crippen molar-refractivity contribution < 1.29 is 4.79 Å². The molecule has 2 nitrogen and oxygen atoms in total. The number of hydrogen-bond acceptors (Lipinski definition) is 2. The Balaban J connectivity index is 2.07. The van der Waals surface area contributed by atoms with Crippen molar-refractivity contribution in [3.8, 4) is 0 Å². The lowest BCUT2D eigenvalue weighted by Gasteiger charge is -2.22. The quantitative estimate of drug-likeness (QED) is 0.922. The van der Waals surface area contributed by atoms with E-state index in [9.17, 15) is 4.79 Å². The van der Waals surface area contributed by atoms with Crippen LogP contribution in [0.4, 0.5) is 0 Å². The van der Waals surface area contributed by atoms with Crippen molar-refractivity contribution in [1.82, 2.24) is 0 Å². The smallest absolute Gasteiger partial charge is 0.156 e. The van der Waals surface area contributed by atoms with E-state index in [1.807, 2.05) is 31.2 Å². The van der Waals surface area contributed by atoms with E-state index < -0.39 is 5.54 Å². The minimum absolute atomic E-state index is 0.146. The third-order valence-electron chi connectivity index (χ3n) is 3.28. The number of carbonyl (C=O) groups excluding carboxylic acids is 1. The van der Waals surface area contributed by atoms with Crippen LogP contribution in [0.3, 0.4) is 0 Å². The first-order valence-electron chi connectivity index (χ1n) is 5.57. The van der Waals surface area contributed by atoms with Gasteiger partial charge in [0.15, 0.2) is 5.78 Å². The van der Waals surface area contributed by atoms with E-state index in [0.29, 0.717) is 12.3 Å². The van der Waals surface area contributed by atoms with Crippen LogP contribution in [-0.4, -0.2) is 11.3 Å². The fourth-order valence-electron chi connectivity index (χ4n) is 1.93. The Labute approximate surface area is 104 Å². The average molecular weight is 282 g/mol. The van der Waals surface area contributed by atoms with Gasteiger partial charge in [0.25, 0.3) is 0 Å². The molecule has 0 aromatic heterocycles. The summed E-state index contributed by atoms with van der Waals surface area (Å²) < 4.78 is 1.00. The summed E-state index contributed by atoms with van der Waals surface area (Å²) in [5.74, 6) is 0.542. The van der Waals surface area contributed by atoms with E-state index in [4.69, 9.17) is 5.73 Å². The topological polar surface area (TPSA) is 43.1 Å². The van der Waals surface area contributed by atoms with Crippen LogP contribution in [0.25, 0.3) is 0 Å². The van der Waals surface area contributed by atoms with Crippen molar-refractivity contribution in [2.45, 2.75) is 31.7 Å². The van der Waals surface area contributed by atoms with Crippen LogP contribution in [-0.2, 0) is 11.2 Å². The van der Waals surface area contributed by atoms with Crippen molar-refractivity contribution in [2.24, 2.45) is 11.7 Å². The fraction of sp³-hybridized carbons (Fsp3) is 0.462. The fourth-order valence-corrected chi connectivity index (χ4v) is 2.38. The van der Waals surface area contributed by atoms with E-state index >= 15 is 0 Å². The van der Waals surface area contributed by atoms with Gasteiger partial charge in [-0.15, -0.1) is 0 Å². The molecule has 0 spiro atoms. The molecule has 1 saturated carbocycles. The van der Waals surface area contributed by atoms with E-state index in [2.05, 4.69) is 15.9 Å². The molecule has 0 aliphatic heterocycles. The lowest BCUT2D eigenvalue weighted by molar-refractivity contribution is -0.123. The molecule has 1 aliphatic rings. The zero-order valence-electron chi connectivity index (χ0n) is 9.37. The molecule has 3 heteroatoms. The molecule has 0 bridgehead atoms. The first kappa shape index (κ1) is 11.8. The Hall–Kier alpha value is -0.670. The predicted molar refractivity (Wildman–Crippen MR) is 68.2 cm³/mol. The molecule has 1 fully saturated rings. The second kappa shape index (κ2) is 4.30. The minimum atomic E-state index is -0.637. The summed E-state index contributed by atoms with van der Waals surface area (Å²) in [5, 5.41) is 0. The number of halogens is 1. The zero-order valence-corrected chi connectivity index (χ0v) is 11.0. The first-order valence-corrected chi connectivity index (χ1v) is 6.36. The standard InChI is InChI=1S/C13H16BrNO/c1-13(15,10-5-6-10)12(16)8-9-3-2-4-11(14)7-9/h2-4,7,10H,5-6,8,15H2,1H3. The highest BCUT2D eigenvalue weighted by Gasteiger charge is 2.43. The molecule has 0 saturated heterocycles. The van der Waals surface area contributed by atoms with Crippen LogP contribution >= 0.6 is 15.9 Å². The Morgan fingerprint density at radius 3 is 2.81 bits per heavy atom. The minimum Gasteiger partial charge on any atom is -0.319 e. The molecule has 16 heavy (non-hydrogen) atoms. The molecule has 0 radical (unpaired) electrons. The number of rotatable bonds is 4. The number of nitrogens with two attached hydrogens (primary N) is 1. The SMILES string of the molecule is CC(N)(C(=O)Cc1cccc(Br)c1)C1CC1. The number of hydrogen-bond donors (Lipinski definition) is 1. The van der Waals surface area contributed by atoms with Gasteiger partial charge in [0, 0.05) is 10.9 Å². The summed E-state index contributed by atoms with van der Waals surface area (Å²) in [6, 6.07) is 7.83. The van der Waals surface area contributed by atoms with E-state index in [-0.39, 0.29) is 5.78 Å². The van der Waals surface area contributed by atoms with E-state index in [1.165, 1.54) is 0 Å². The second-order valence-corrected chi connectivity index (χ2v) is 5.70. The molecule has 0 amide bonds. The van der Waals surface area contributed by atoms with Gasteiger partial charge in [-0.1, -0.05) is 28.1 Å². The molecule has 1 aliphatic carbocycles. The van der Waals surface area contributed by atoms with E-state index in [1.54, 1.807) is 0 Å². The zero-order chi connectivity index (χ0) is 11.8. The van der Waals surface area contributed by atoms with Crippen LogP contribution in [0.1, 0.15) is 25.3 Å². The van der Waals surface area contributed by atoms with Crippen LogP contribution in [0.15, 0.2) is 28.7 Å². The number of ketones is 1. The Kier molecular flexibility index (Phi) is 3.17. The largest absolute Gasteiger partial charge is 0.319 e. The monoisotopic (exact) mass is 281 g/mol. The summed E-state index contributed by atoms with van der Waals surface area (Å²) in [6.07, 6.45) is 2.62. The van der Waals surface area contributed by atoms with Gasteiger partial charge < -0.3 is 5.73 Å². The molecule has 2 N–H and O–H groups in total. The summed E-state index contributed by atoms with van der Waals surface area (Å²) in [4.78, 5) is 12.1. The molecule has 1 aromatic rings. The molecule has 1 aromatic carbocycles. The van der Waals surface area contributed by atoms with Crippen molar-refractivity contribution in [1.29, 1.82) is 0 Å². The molecular weight excluding hydrogens is 266 g/mol. The average Bonchev–Trinajstić information content (AvgIpc) is 3.00. The highest BCUT2D eigenvalue weighted by atomic mass is 79.9. The summed E-state index contributed by atoms with van der Waals surface area (Å²) in [7, 11) is 0. The molecular formula is C13H16BrNO. The van der Waals surface area contributed by atoms with Gasteiger partial charge >= 0.3 is 0 Å².